The number of benzene rings is 1. The number of rotatable bonds is 3. The van der Waals surface area contributed by atoms with Crippen molar-refractivity contribution in [3.8, 4) is 5.75 Å². The molecule has 1 amide bonds. The molecule has 0 aliphatic carbocycles. The standard InChI is InChI=1S/C15H15BrN2O3/c1-8-13(9(2)21-18-8)15(19)17-7-11-6-12(16)5-10-3-4-20-14(10)11/h5-6H,3-4,7H2,1-2H3,(H,17,19). The second-order valence-electron chi connectivity index (χ2n) is 5.03. The molecule has 1 aromatic heterocycles. The molecule has 1 aliphatic heterocycles. The normalized spacial score (nSPS) is 12.9. The van der Waals surface area contributed by atoms with Gasteiger partial charge >= 0.3 is 0 Å². The minimum absolute atomic E-state index is 0.182. The van der Waals surface area contributed by atoms with Gasteiger partial charge in [0.1, 0.15) is 17.1 Å². The monoisotopic (exact) mass is 350 g/mol. The number of hydrogen-bond donors (Lipinski definition) is 1. The van der Waals surface area contributed by atoms with Gasteiger partial charge in [0.2, 0.25) is 0 Å². The SMILES string of the molecule is Cc1noc(C)c1C(=O)NCc1cc(Br)cc2c1OCC2. The van der Waals surface area contributed by atoms with Gasteiger partial charge in [0.25, 0.3) is 5.91 Å². The second kappa shape index (κ2) is 5.52. The second-order valence-corrected chi connectivity index (χ2v) is 5.95. The van der Waals surface area contributed by atoms with Crippen LogP contribution in [0.15, 0.2) is 21.1 Å². The van der Waals surface area contributed by atoms with Crippen molar-refractivity contribution >= 4 is 21.8 Å². The molecule has 1 aliphatic rings. The number of carbonyl (C=O) groups is 1. The van der Waals surface area contributed by atoms with Crippen LogP contribution in [0, 0.1) is 13.8 Å². The Labute approximate surface area is 130 Å². The first-order chi connectivity index (χ1) is 10.1. The third kappa shape index (κ3) is 2.68. The van der Waals surface area contributed by atoms with E-state index in [4.69, 9.17) is 9.26 Å². The fourth-order valence-corrected chi connectivity index (χ4v) is 3.10. The van der Waals surface area contributed by atoms with E-state index in [9.17, 15) is 4.79 Å². The minimum Gasteiger partial charge on any atom is -0.493 e. The number of aryl methyl sites for hydroxylation is 2. The van der Waals surface area contributed by atoms with E-state index in [0.717, 1.165) is 22.2 Å². The van der Waals surface area contributed by atoms with E-state index in [1.54, 1.807) is 13.8 Å². The Morgan fingerprint density at radius 1 is 1.43 bits per heavy atom. The number of hydrogen-bond acceptors (Lipinski definition) is 4. The van der Waals surface area contributed by atoms with Gasteiger partial charge in [-0.05, 0) is 31.5 Å². The summed E-state index contributed by atoms with van der Waals surface area (Å²) >= 11 is 3.49. The summed E-state index contributed by atoms with van der Waals surface area (Å²) in [5.41, 5.74) is 3.24. The van der Waals surface area contributed by atoms with Crippen LogP contribution in [-0.2, 0) is 13.0 Å². The maximum absolute atomic E-state index is 12.2. The number of ether oxygens (including phenoxy) is 1. The molecule has 0 fully saturated rings. The zero-order chi connectivity index (χ0) is 15.0. The number of aromatic nitrogens is 1. The zero-order valence-corrected chi connectivity index (χ0v) is 13.4. The maximum Gasteiger partial charge on any atom is 0.257 e. The molecule has 1 N–H and O–H groups in total. The van der Waals surface area contributed by atoms with Crippen LogP contribution < -0.4 is 10.1 Å². The molecule has 2 heterocycles. The third-order valence-electron chi connectivity index (χ3n) is 3.53. The number of nitrogens with zero attached hydrogens (tertiary/aromatic N) is 1. The summed E-state index contributed by atoms with van der Waals surface area (Å²) in [7, 11) is 0. The highest BCUT2D eigenvalue weighted by molar-refractivity contribution is 9.10. The van der Waals surface area contributed by atoms with Crippen molar-refractivity contribution in [3.63, 3.8) is 0 Å². The molecular formula is C15H15BrN2O3. The molecule has 2 aromatic rings. The highest BCUT2D eigenvalue weighted by Gasteiger charge is 2.20. The van der Waals surface area contributed by atoms with Gasteiger partial charge in [0.05, 0.1) is 12.3 Å². The summed E-state index contributed by atoms with van der Waals surface area (Å²) in [4.78, 5) is 12.2. The van der Waals surface area contributed by atoms with E-state index in [1.165, 1.54) is 5.56 Å². The summed E-state index contributed by atoms with van der Waals surface area (Å²) in [6.45, 7) is 4.58. The molecule has 21 heavy (non-hydrogen) atoms. The van der Waals surface area contributed by atoms with Gasteiger partial charge in [-0.15, -0.1) is 0 Å². The topological polar surface area (TPSA) is 64.4 Å². The van der Waals surface area contributed by atoms with E-state index in [-0.39, 0.29) is 5.91 Å². The molecule has 0 radical (unpaired) electrons. The zero-order valence-electron chi connectivity index (χ0n) is 11.8. The van der Waals surface area contributed by atoms with Crippen LogP contribution in [0.5, 0.6) is 5.75 Å². The predicted molar refractivity (Wildman–Crippen MR) is 80.5 cm³/mol. The van der Waals surface area contributed by atoms with Gasteiger partial charge in [-0.25, -0.2) is 0 Å². The van der Waals surface area contributed by atoms with Crippen LogP contribution in [0.4, 0.5) is 0 Å². The summed E-state index contributed by atoms with van der Waals surface area (Å²) in [5.74, 6) is 1.23. The predicted octanol–water partition coefficient (Wildman–Crippen LogP) is 2.92. The highest BCUT2D eigenvalue weighted by Crippen LogP contribution is 2.32. The van der Waals surface area contributed by atoms with Gasteiger partial charge in [-0.2, -0.15) is 0 Å². The molecule has 0 saturated carbocycles. The molecule has 0 atom stereocenters. The lowest BCUT2D eigenvalue weighted by Crippen LogP contribution is -2.24. The fraction of sp³-hybridized carbons (Fsp3) is 0.333. The lowest BCUT2D eigenvalue weighted by Gasteiger charge is -2.10. The van der Waals surface area contributed by atoms with Gasteiger partial charge in [-0.3, -0.25) is 4.79 Å². The Balaban J connectivity index is 1.78. The van der Waals surface area contributed by atoms with Crippen LogP contribution in [0.25, 0.3) is 0 Å². The molecule has 1 aromatic carbocycles. The van der Waals surface area contributed by atoms with E-state index in [2.05, 4.69) is 32.5 Å². The summed E-state index contributed by atoms with van der Waals surface area (Å²) in [6, 6.07) is 4.03. The van der Waals surface area contributed by atoms with E-state index >= 15 is 0 Å². The van der Waals surface area contributed by atoms with Crippen molar-refractivity contribution in [3.05, 3.63) is 44.7 Å². The Morgan fingerprint density at radius 2 is 2.24 bits per heavy atom. The number of fused-ring (bicyclic) bond motifs is 1. The smallest absolute Gasteiger partial charge is 0.257 e. The van der Waals surface area contributed by atoms with Gasteiger partial charge < -0.3 is 14.6 Å². The summed E-state index contributed by atoms with van der Waals surface area (Å²) in [6.07, 6.45) is 0.902. The van der Waals surface area contributed by atoms with Gasteiger partial charge in [0, 0.05) is 23.0 Å². The molecule has 6 heteroatoms. The van der Waals surface area contributed by atoms with E-state index in [0.29, 0.717) is 30.2 Å². The maximum atomic E-state index is 12.2. The lowest BCUT2D eigenvalue weighted by molar-refractivity contribution is 0.0948. The molecule has 3 rings (SSSR count). The lowest BCUT2D eigenvalue weighted by atomic mass is 10.1. The Hall–Kier alpha value is -1.82. The number of nitrogens with one attached hydrogen (secondary N) is 1. The molecule has 0 unspecified atom stereocenters. The highest BCUT2D eigenvalue weighted by atomic mass is 79.9. The average Bonchev–Trinajstić information content (AvgIpc) is 3.02. The van der Waals surface area contributed by atoms with Crippen LogP contribution >= 0.6 is 15.9 Å². The molecule has 0 saturated heterocycles. The first-order valence-electron chi connectivity index (χ1n) is 6.71. The van der Waals surface area contributed by atoms with Crippen molar-refractivity contribution in [2.75, 3.05) is 6.61 Å². The fourth-order valence-electron chi connectivity index (χ4n) is 2.55. The van der Waals surface area contributed by atoms with Crippen molar-refractivity contribution in [2.24, 2.45) is 0 Å². The first-order valence-corrected chi connectivity index (χ1v) is 7.50. The number of carbonyl (C=O) groups excluding carboxylic acids is 1. The molecule has 5 nitrogen and oxygen atoms in total. The van der Waals surface area contributed by atoms with Crippen molar-refractivity contribution in [2.45, 2.75) is 26.8 Å². The summed E-state index contributed by atoms with van der Waals surface area (Å²) < 4.78 is 11.7. The summed E-state index contributed by atoms with van der Waals surface area (Å²) in [5, 5.41) is 6.70. The Morgan fingerprint density at radius 3 is 2.95 bits per heavy atom. The van der Waals surface area contributed by atoms with Gasteiger partial charge in [0.15, 0.2) is 0 Å². The van der Waals surface area contributed by atoms with Crippen molar-refractivity contribution in [1.29, 1.82) is 0 Å². The Kier molecular flexibility index (Phi) is 3.71. The quantitative estimate of drug-likeness (QED) is 0.924. The molecular weight excluding hydrogens is 336 g/mol. The average molecular weight is 351 g/mol. The largest absolute Gasteiger partial charge is 0.493 e. The molecule has 0 spiro atoms. The Bertz CT molecular complexity index is 690. The molecule has 110 valence electrons. The first kappa shape index (κ1) is 14.1. The number of amides is 1. The van der Waals surface area contributed by atoms with Crippen LogP contribution in [0.2, 0.25) is 0 Å². The van der Waals surface area contributed by atoms with Crippen LogP contribution in [0.1, 0.15) is 32.9 Å². The van der Waals surface area contributed by atoms with Crippen molar-refractivity contribution in [1.82, 2.24) is 10.5 Å². The van der Waals surface area contributed by atoms with Gasteiger partial charge in [-0.1, -0.05) is 21.1 Å². The van der Waals surface area contributed by atoms with Crippen LogP contribution in [-0.4, -0.2) is 17.7 Å². The van der Waals surface area contributed by atoms with Crippen LogP contribution in [0.3, 0.4) is 0 Å². The van der Waals surface area contributed by atoms with E-state index in [1.807, 2.05) is 6.07 Å². The number of halogens is 1. The molecule has 0 bridgehead atoms. The van der Waals surface area contributed by atoms with Crippen molar-refractivity contribution < 1.29 is 14.1 Å². The minimum atomic E-state index is -0.182. The van der Waals surface area contributed by atoms with E-state index < -0.39 is 0 Å². The third-order valence-corrected chi connectivity index (χ3v) is 3.98.